The van der Waals surface area contributed by atoms with Crippen molar-refractivity contribution in [3.05, 3.63) is 34.9 Å². The molecule has 0 amide bonds. The monoisotopic (exact) mass is 268 g/mol. The fraction of sp³-hybridized carbons (Fsp3) is 0.571. The Morgan fingerprint density at radius 2 is 1.78 bits per heavy atom. The molecule has 0 aliphatic carbocycles. The van der Waals surface area contributed by atoms with Crippen LogP contribution in [0, 0.1) is 0 Å². The van der Waals surface area contributed by atoms with E-state index < -0.39 is 0 Å². The van der Waals surface area contributed by atoms with Crippen molar-refractivity contribution >= 4 is 11.6 Å². The third-order valence-electron chi connectivity index (χ3n) is 3.57. The Morgan fingerprint density at radius 1 is 1.06 bits per heavy atom. The lowest BCUT2D eigenvalue weighted by Gasteiger charge is -2.42. The summed E-state index contributed by atoms with van der Waals surface area (Å²) in [4.78, 5) is 0. The standard InChI is InChI=1S/C14H17ClO3/c15-12-5-3-11(4-6-12)13-16-9-14(10-17-13)7-1-2-8-18-14/h3-6,13H,1-2,7-10H2. The SMILES string of the molecule is Clc1ccc(C2OCC3(CCCCO3)CO2)cc1. The van der Waals surface area contributed by atoms with E-state index in [4.69, 9.17) is 25.8 Å². The summed E-state index contributed by atoms with van der Waals surface area (Å²) in [5, 5.41) is 0.724. The van der Waals surface area contributed by atoms with Gasteiger partial charge >= 0.3 is 0 Å². The van der Waals surface area contributed by atoms with Crippen LogP contribution in [-0.2, 0) is 14.2 Å². The summed E-state index contributed by atoms with van der Waals surface area (Å²) >= 11 is 5.87. The van der Waals surface area contributed by atoms with Crippen molar-refractivity contribution in [1.29, 1.82) is 0 Å². The van der Waals surface area contributed by atoms with Crippen molar-refractivity contribution in [1.82, 2.24) is 0 Å². The Bertz CT molecular complexity index is 388. The van der Waals surface area contributed by atoms with Gasteiger partial charge in [0.15, 0.2) is 6.29 Å². The average molecular weight is 269 g/mol. The van der Waals surface area contributed by atoms with E-state index >= 15 is 0 Å². The molecule has 0 N–H and O–H groups in total. The predicted molar refractivity (Wildman–Crippen MR) is 68.6 cm³/mol. The Kier molecular flexibility index (Phi) is 3.57. The molecule has 98 valence electrons. The molecular weight excluding hydrogens is 252 g/mol. The first-order chi connectivity index (χ1) is 8.77. The van der Waals surface area contributed by atoms with Crippen LogP contribution in [0.2, 0.25) is 5.02 Å². The molecule has 3 nitrogen and oxygen atoms in total. The van der Waals surface area contributed by atoms with Gasteiger partial charge in [0.05, 0.1) is 13.2 Å². The van der Waals surface area contributed by atoms with E-state index in [0.29, 0.717) is 13.2 Å². The summed E-state index contributed by atoms with van der Waals surface area (Å²) in [5.74, 6) is 0. The number of ether oxygens (including phenoxy) is 3. The van der Waals surface area contributed by atoms with Gasteiger partial charge in [-0.1, -0.05) is 23.7 Å². The van der Waals surface area contributed by atoms with E-state index in [0.717, 1.165) is 30.0 Å². The summed E-state index contributed by atoms with van der Waals surface area (Å²) in [7, 11) is 0. The van der Waals surface area contributed by atoms with Crippen molar-refractivity contribution in [3.63, 3.8) is 0 Å². The lowest BCUT2D eigenvalue weighted by molar-refractivity contribution is -0.277. The van der Waals surface area contributed by atoms with E-state index in [1.165, 1.54) is 6.42 Å². The van der Waals surface area contributed by atoms with Crippen molar-refractivity contribution in [2.45, 2.75) is 31.2 Å². The van der Waals surface area contributed by atoms with Crippen LogP contribution < -0.4 is 0 Å². The van der Waals surface area contributed by atoms with Crippen LogP contribution in [0.5, 0.6) is 0 Å². The van der Waals surface area contributed by atoms with Gasteiger partial charge in [-0.15, -0.1) is 0 Å². The smallest absolute Gasteiger partial charge is 0.184 e. The fourth-order valence-electron chi connectivity index (χ4n) is 2.50. The molecule has 2 saturated heterocycles. The zero-order valence-corrected chi connectivity index (χ0v) is 11.0. The number of hydrogen-bond acceptors (Lipinski definition) is 3. The third-order valence-corrected chi connectivity index (χ3v) is 3.82. The van der Waals surface area contributed by atoms with E-state index in [1.807, 2.05) is 24.3 Å². The van der Waals surface area contributed by atoms with Crippen LogP contribution in [0.4, 0.5) is 0 Å². The van der Waals surface area contributed by atoms with Crippen LogP contribution in [0.3, 0.4) is 0 Å². The lowest BCUT2D eigenvalue weighted by Crippen LogP contribution is -2.49. The molecule has 0 aromatic heterocycles. The summed E-state index contributed by atoms with van der Waals surface area (Å²) in [6.07, 6.45) is 3.07. The third kappa shape index (κ3) is 2.54. The molecule has 0 atom stereocenters. The topological polar surface area (TPSA) is 27.7 Å². The highest BCUT2D eigenvalue weighted by atomic mass is 35.5. The van der Waals surface area contributed by atoms with Crippen molar-refractivity contribution in [3.8, 4) is 0 Å². The molecule has 1 spiro atoms. The second-order valence-corrected chi connectivity index (χ2v) is 5.43. The van der Waals surface area contributed by atoms with Crippen molar-refractivity contribution < 1.29 is 14.2 Å². The molecule has 0 radical (unpaired) electrons. The first kappa shape index (κ1) is 12.4. The molecule has 18 heavy (non-hydrogen) atoms. The Morgan fingerprint density at radius 3 is 2.39 bits per heavy atom. The van der Waals surface area contributed by atoms with Crippen LogP contribution in [0.1, 0.15) is 31.1 Å². The van der Waals surface area contributed by atoms with Gasteiger partial charge in [0.2, 0.25) is 0 Å². The summed E-state index contributed by atoms with van der Waals surface area (Å²) in [6, 6.07) is 7.58. The Labute approximate surface area is 112 Å². The van der Waals surface area contributed by atoms with Crippen molar-refractivity contribution in [2.75, 3.05) is 19.8 Å². The fourth-order valence-corrected chi connectivity index (χ4v) is 2.62. The Hall–Kier alpha value is -0.610. The van der Waals surface area contributed by atoms with Crippen molar-refractivity contribution in [2.24, 2.45) is 0 Å². The van der Waals surface area contributed by atoms with Crippen LogP contribution >= 0.6 is 11.6 Å². The largest absolute Gasteiger partial charge is 0.370 e. The molecule has 0 unspecified atom stereocenters. The van der Waals surface area contributed by atoms with Gasteiger partial charge in [-0.25, -0.2) is 0 Å². The lowest BCUT2D eigenvalue weighted by atomic mass is 9.95. The van der Waals surface area contributed by atoms with Gasteiger partial charge in [-0.3, -0.25) is 0 Å². The second-order valence-electron chi connectivity index (χ2n) is 4.99. The van der Waals surface area contributed by atoms with Crippen LogP contribution in [0.25, 0.3) is 0 Å². The number of halogens is 1. The minimum atomic E-state index is -0.293. The number of rotatable bonds is 1. The van der Waals surface area contributed by atoms with Gasteiger partial charge in [0.1, 0.15) is 5.60 Å². The molecule has 2 heterocycles. The molecule has 3 rings (SSSR count). The molecule has 2 fully saturated rings. The maximum atomic E-state index is 5.87. The molecule has 2 aliphatic heterocycles. The molecule has 0 bridgehead atoms. The first-order valence-electron chi connectivity index (χ1n) is 6.40. The first-order valence-corrected chi connectivity index (χ1v) is 6.78. The van der Waals surface area contributed by atoms with E-state index in [-0.39, 0.29) is 11.9 Å². The van der Waals surface area contributed by atoms with Gasteiger partial charge < -0.3 is 14.2 Å². The van der Waals surface area contributed by atoms with E-state index in [2.05, 4.69) is 0 Å². The van der Waals surface area contributed by atoms with Crippen LogP contribution in [-0.4, -0.2) is 25.4 Å². The maximum Gasteiger partial charge on any atom is 0.184 e. The quantitative estimate of drug-likeness (QED) is 0.782. The normalized spacial score (nSPS) is 32.6. The van der Waals surface area contributed by atoms with Crippen LogP contribution in [0.15, 0.2) is 24.3 Å². The molecule has 0 saturated carbocycles. The predicted octanol–water partition coefficient (Wildman–Crippen LogP) is 3.32. The maximum absolute atomic E-state index is 5.87. The van der Waals surface area contributed by atoms with E-state index in [1.54, 1.807) is 0 Å². The van der Waals surface area contributed by atoms with Gasteiger partial charge in [-0.05, 0) is 31.4 Å². The molecule has 1 aromatic carbocycles. The molecular formula is C14H17ClO3. The summed E-state index contributed by atoms with van der Waals surface area (Å²) < 4.78 is 17.5. The summed E-state index contributed by atoms with van der Waals surface area (Å²) in [6.45, 7) is 2.04. The molecule has 4 heteroatoms. The second kappa shape index (κ2) is 5.17. The van der Waals surface area contributed by atoms with Gasteiger partial charge in [0.25, 0.3) is 0 Å². The number of hydrogen-bond donors (Lipinski definition) is 0. The number of benzene rings is 1. The summed E-state index contributed by atoms with van der Waals surface area (Å²) in [5.41, 5.74) is 0.798. The Balaban J connectivity index is 1.64. The molecule has 1 aromatic rings. The highest BCUT2D eigenvalue weighted by Crippen LogP contribution is 2.34. The zero-order chi connectivity index (χ0) is 12.4. The minimum Gasteiger partial charge on any atom is -0.370 e. The minimum absolute atomic E-state index is 0.207. The highest BCUT2D eigenvalue weighted by molar-refractivity contribution is 6.30. The highest BCUT2D eigenvalue weighted by Gasteiger charge is 2.39. The average Bonchev–Trinajstić information content (AvgIpc) is 2.42. The molecule has 2 aliphatic rings. The zero-order valence-electron chi connectivity index (χ0n) is 10.2. The van der Waals surface area contributed by atoms with E-state index in [9.17, 15) is 0 Å². The van der Waals surface area contributed by atoms with Gasteiger partial charge in [0, 0.05) is 17.2 Å². The van der Waals surface area contributed by atoms with Gasteiger partial charge in [-0.2, -0.15) is 0 Å².